The molecule has 0 unspecified atom stereocenters. The molecule has 2 saturated heterocycles. The van der Waals surface area contributed by atoms with E-state index < -0.39 is 24.3 Å². The highest BCUT2D eigenvalue weighted by Crippen LogP contribution is 2.37. The number of hydrogen-bond acceptors (Lipinski definition) is 5. The molecule has 0 bridgehead atoms. The SMILES string of the molecule is CC[C@@H]1N(Cc2cccnc2)CCC[C@]12CCC(=O)N2.O=C(O)C(F)(F)F.O=C(O)C(F)(F)F. The minimum atomic E-state index is -5.08. The van der Waals surface area contributed by atoms with Gasteiger partial charge >= 0.3 is 24.3 Å². The largest absolute Gasteiger partial charge is 0.490 e. The van der Waals surface area contributed by atoms with Crippen LogP contribution in [0.1, 0.15) is 44.6 Å². The van der Waals surface area contributed by atoms with Crippen LogP contribution in [0.2, 0.25) is 0 Å². The number of amides is 1. The van der Waals surface area contributed by atoms with Crippen molar-refractivity contribution in [3.8, 4) is 0 Å². The molecule has 3 N–H and O–H groups in total. The maximum atomic E-state index is 11.7. The third kappa shape index (κ3) is 8.80. The number of carboxylic acid groups (broad SMARTS) is 2. The maximum absolute atomic E-state index is 11.7. The van der Waals surface area contributed by atoms with Crippen molar-refractivity contribution < 1.29 is 50.9 Å². The zero-order valence-electron chi connectivity index (χ0n) is 18.1. The number of carbonyl (C=O) groups is 3. The van der Waals surface area contributed by atoms with Crippen LogP contribution in [0.4, 0.5) is 26.3 Å². The van der Waals surface area contributed by atoms with Gasteiger partial charge in [-0.15, -0.1) is 0 Å². The first-order chi connectivity index (χ1) is 15.6. The van der Waals surface area contributed by atoms with Gasteiger partial charge in [-0.1, -0.05) is 13.0 Å². The van der Waals surface area contributed by atoms with Crippen molar-refractivity contribution in [3.63, 3.8) is 0 Å². The Morgan fingerprint density at radius 3 is 2.09 bits per heavy atom. The molecule has 2 aliphatic heterocycles. The Hall–Kier alpha value is -2.90. The molecule has 3 rings (SSSR count). The zero-order valence-corrected chi connectivity index (χ0v) is 18.1. The average molecular weight is 501 g/mol. The minimum absolute atomic E-state index is 0.0201. The minimum Gasteiger partial charge on any atom is -0.475 e. The number of nitrogens with one attached hydrogen (secondary N) is 1. The highest BCUT2D eigenvalue weighted by Gasteiger charge is 2.47. The van der Waals surface area contributed by atoms with E-state index in [9.17, 15) is 31.1 Å². The topological polar surface area (TPSA) is 120 Å². The molecule has 1 amide bonds. The zero-order chi connectivity index (χ0) is 26.2. The molecule has 2 fully saturated rings. The van der Waals surface area contributed by atoms with E-state index in [2.05, 4.69) is 28.2 Å². The predicted octanol–water partition coefficient (Wildman–Crippen LogP) is 3.37. The molecular weight excluding hydrogens is 476 g/mol. The number of rotatable bonds is 3. The summed E-state index contributed by atoms with van der Waals surface area (Å²) in [6.07, 6.45) is -1.35. The fraction of sp³-hybridized carbons (Fsp3) is 0.600. The van der Waals surface area contributed by atoms with Gasteiger partial charge < -0.3 is 15.5 Å². The predicted molar refractivity (Wildman–Crippen MR) is 105 cm³/mol. The maximum Gasteiger partial charge on any atom is 0.490 e. The van der Waals surface area contributed by atoms with Gasteiger partial charge in [-0.05, 0) is 43.9 Å². The second kappa shape index (κ2) is 12.0. The van der Waals surface area contributed by atoms with Gasteiger partial charge in [0.05, 0.1) is 5.54 Å². The quantitative estimate of drug-likeness (QED) is 0.544. The Balaban J connectivity index is 0.000000343. The number of likely N-dealkylation sites (tertiary alicyclic amines) is 1. The number of carbonyl (C=O) groups excluding carboxylic acids is 1. The first-order valence-electron chi connectivity index (χ1n) is 10.2. The molecule has 14 heteroatoms. The van der Waals surface area contributed by atoms with Crippen molar-refractivity contribution in [3.05, 3.63) is 30.1 Å². The highest BCUT2D eigenvalue weighted by molar-refractivity contribution is 5.79. The molecule has 8 nitrogen and oxygen atoms in total. The summed E-state index contributed by atoms with van der Waals surface area (Å²) in [6, 6.07) is 4.57. The van der Waals surface area contributed by atoms with Crippen LogP contribution in [-0.2, 0) is 20.9 Å². The van der Waals surface area contributed by atoms with E-state index in [4.69, 9.17) is 19.8 Å². The van der Waals surface area contributed by atoms with Gasteiger partial charge in [0.2, 0.25) is 5.91 Å². The Labute approximate surface area is 191 Å². The van der Waals surface area contributed by atoms with E-state index in [-0.39, 0.29) is 11.4 Å². The van der Waals surface area contributed by atoms with Crippen LogP contribution in [0.15, 0.2) is 24.5 Å². The number of halogens is 6. The second-order valence-corrected chi connectivity index (χ2v) is 7.67. The van der Waals surface area contributed by atoms with Gasteiger partial charge in [-0.25, -0.2) is 9.59 Å². The van der Waals surface area contributed by atoms with Crippen LogP contribution in [-0.4, -0.2) is 68.4 Å². The summed E-state index contributed by atoms with van der Waals surface area (Å²) in [5.41, 5.74) is 1.28. The van der Waals surface area contributed by atoms with Crippen LogP contribution in [0, 0.1) is 0 Å². The van der Waals surface area contributed by atoms with Gasteiger partial charge in [0, 0.05) is 31.4 Å². The number of carboxylic acids is 2. The Morgan fingerprint density at radius 2 is 1.71 bits per heavy atom. The van der Waals surface area contributed by atoms with Crippen molar-refractivity contribution in [2.24, 2.45) is 0 Å². The lowest BCUT2D eigenvalue weighted by Gasteiger charge is -2.48. The van der Waals surface area contributed by atoms with E-state index >= 15 is 0 Å². The number of aliphatic carboxylic acids is 2. The van der Waals surface area contributed by atoms with Crippen molar-refractivity contribution in [2.75, 3.05) is 6.54 Å². The van der Waals surface area contributed by atoms with Gasteiger partial charge in [0.1, 0.15) is 0 Å². The standard InChI is InChI=1S/C16H23N3O.2C2HF3O2/c1-2-14-16(8-6-15(20)18-16)7-4-10-19(14)12-13-5-3-9-17-11-13;2*3-2(4,5)1(6)7/h3,5,9,11,14H,2,4,6-8,10,12H2,1H3,(H,18,20);2*(H,6,7)/t14-,16-;;/m0../s1. The monoisotopic (exact) mass is 501 g/mol. The molecule has 0 aromatic carbocycles. The lowest BCUT2D eigenvalue weighted by Crippen LogP contribution is -2.61. The summed E-state index contributed by atoms with van der Waals surface area (Å²) >= 11 is 0. The summed E-state index contributed by atoms with van der Waals surface area (Å²) in [6.45, 7) is 4.29. The Morgan fingerprint density at radius 1 is 1.15 bits per heavy atom. The van der Waals surface area contributed by atoms with Gasteiger partial charge in [0.15, 0.2) is 0 Å². The van der Waals surface area contributed by atoms with Gasteiger partial charge in [-0.2, -0.15) is 26.3 Å². The van der Waals surface area contributed by atoms with Crippen molar-refractivity contribution >= 4 is 17.8 Å². The van der Waals surface area contributed by atoms with Crippen LogP contribution >= 0.6 is 0 Å². The second-order valence-electron chi connectivity index (χ2n) is 7.67. The smallest absolute Gasteiger partial charge is 0.475 e. The molecule has 0 saturated carbocycles. The van der Waals surface area contributed by atoms with Crippen molar-refractivity contribution in [2.45, 2.75) is 69.5 Å². The number of alkyl halides is 6. The van der Waals surface area contributed by atoms with E-state index in [1.165, 1.54) is 5.56 Å². The summed E-state index contributed by atoms with van der Waals surface area (Å²) in [5, 5.41) is 17.5. The molecule has 1 spiro atoms. The molecule has 2 atom stereocenters. The summed E-state index contributed by atoms with van der Waals surface area (Å²) in [7, 11) is 0. The number of piperidine rings is 1. The van der Waals surface area contributed by atoms with Crippen LogP contribution in [0.5, 0.6) is 0 Å². The van der Waals surface area contributed by atoms with E-state index in [1.807, 2.05) is 18.5 Å². The molecule has 3 heterocycles. The summed E-state index contributed by atoms with van der Waals surface area (Å²) in [4.78, 5) is 36.2. The Bertz CT molecular complexity index is 810. The van der Waals surface area contributed by atoms with Crippen LogP contribution in [0.3, 0.4) is 0 Å². The summed E-state index contributed by atoms with van der Waals surface area (Å²) in [5.74, 6) is -5.29. The van der Waals surface area contributed by atoms with E-state index in [0.29, 0.717) is 12.5 Å². The molecule has 0 radical (unpaired) electrons. The van der Waals surface area contributed by atoms with Gasteiger partial charge in [-0.3, -0.25) is 14.7 Å². The summed E-state index contributed by atoms with van der Waals surface area (Å²) < 4.78 is 63.5. The number of nitrogens with zero attached hydrogens (tertiary/aromatic N) is 2. The molecule has 34 heavy (non-hydrogen) atoms. The van der Waals surface area contributed by atoms with Crippen molar-refractivity contribution in [1.82, 2.24) is 15.2 Å². The van der Waals surface area contributed by atoms with Gasteiger partial charge in [0.25, 0.3) is 0 Å². The normalized spacial score (nSPS) is 22.7. The highest BCUT2D eigenvalue weighted by atomic mass is 19.4. The molecule has 1 aromatic rings. The molecular formula is C20H25F6N3O5. The lowest BCUT2D eigenvalue weighted by atomic mass is 9.78. The lowest BCUT2D eigenvalue weighted by molar-refractivity contribution is -0.193. The Kier molecular flexibility index (Phi) is 10.3. The van der Waals surface area contributed by atoms with Crippen LogP contribution < -0.4 is 5.32 Å². The fourth-order valence-electron chi connectivity index (χ4n) is 4.01. The number of pyridine rings is 1. The first kappa shape index (κ1) is 29.1. The van der Waals surface area contributed by atoms with Crippen molar-refractivity contribution in [1.29, 1.82) is 0 Å². The molecule has 2 aliphatic rings. The first-order valence-corrected chi connectivity index (χ1v) is 10.2. The average Bonchev–Trinajstić information content (AvgIpc) is 3.09. The molecule has 192 valence electrons. The third-order valence-electron chi connectivity index (χ3n) is 5.31. The fourth-order valence-corrected chi connectivity index (χ4v) is 4.01. The molecule has 0 aliphatic carbocycles. The molecule has 1 aromatic heterocycles. The number of hydrogen-bond donors (Lipinski definition) is 3. The van der Waals surface area contributed by atoms with Crippen LogP contribution in [0.25, 0.3) is 0 Å². The van der Waals surface area contributed by atoms with E-state index in [0.717, 1.165) is 38.8 Å². The number of aromatic nitrogens is 1. The van der Waals surface area contributed by atoms with E-state index in [1.54, 1.807) is 0 Å². The third-order valence-corrected chi connectivity index (χ3v) is 5.31.